The summed E-state index contributed by atoms with van der Waals surface area (Å²) in [4.78, 5) is 22.5. The molecule has 0 saturated heterocycles. The summed E-state index contributed by atoms with van der Waals surface area (Å²) in [6.45, 7) is 5.02. The van der Waals surface area contributed by atoms with E-state index in [4.69, 9.17) is 10.2 Å². The monoisotopic (exact) mass is 218 g/mol. The van der Waals surface area contributed by atoms with Crippen LogP contribution in [-0.2, 0) is 9.59 Å². The molecule has 0 aromatic carbocycles. The second-order valence-electron chi connectivity index (χ2n) is 4.84. The van der Waals surface area contributed by atoms with Gasteiger partial charge >= 0.3 is 5.97 Å². The van der Waals surface area contributed by atoms with Gasteiger partial charge in [0.05, 0.1) is 12.0 Å². The molecule has 0 radical (unpaired) electrons. The van der Waals surface area contributed by atoms with Gasteiger partial charge in [-0.25, -0.2) is 0 Å². The molecule has 0 fully saturated rings. The van der Waals surface area contributed by atoms with Gasteiger partial charge in [-0.2, -0.15) is 0 Å². The van der Waals surface area contributed by atoms with Crippen molar-refractivity contribution in [2.24, 2.45) is 10.8 Å². The minimum Gasteiger partial charge on any atom is -0.481 e. The van der Waals surface area contributed by atoms with Crippen LogP contribution in [0.4, 0.5) is 0 Å². The third-order valence-electron chi connectivity index (χ3n) is 2.55. The zero-order valence-electron chi connectivity index (χ0n) is 9.44. The molecule has 0 rings (SSSR count). The first-order chi connectivity index (χ1) is 6.57. The van der Waals surface area contributed by atoms with Gasteiger partial charge in [-0.05, 0) is 13.8 Å². The van der Waals surface area contributed by atoms with Crippen molar-refractivity contribution in [3.63, 3.8) is 0 Å². The van der Waals surface area contributed by atoms with E-state index in [1.807, 2.05) is 0 Å². The van der Waals surface area contributed by atoms with E-state index in [0.717, 1.165) is 0 Å². The minimum absolute atomic E-state index is 0.432. The number of carboxylic acids is 1. The smallest absolute Gasteiger partial charge is 0.312 e. The molecule has 0 aromatic heterocycles. The number of aliphatic hydroxyl groups is 2. The summed E-state index contributed by atoms with van der Waals surface area (Å²) in [5.41, 5.74) is -2.68. The van der Waals surface area contributed by atoms with E-state index in [-0.39, 0.29) is 0 Å². The molecule has 3 N–H and O–H groups in total. The Labute approximate surface area is 88.7 Å². The molecule has 1 unspecified atom stereocenters. The summed E-state index contributed by atoms with van der Waals surface area (Å²) in [5.74, 6) is -1.92. The third-order valence-corrected chi connectivity index (χ3v) is 2.55. The molecule has 0 aliphatic rings. The Kier molecular flexibility index (Phi) is 4.01. The van der Waals surface area contributed by atoms with Crippen LogP contribution in [0.3, 0.4) is 0 Å². The van der Waals surface area contributed by atoms with Crippen molar-refractivity contribution in [2.45, 2.75) is 33.8 Å². The fraction of sp³-hybridized carbons (Fsp3) is 0.800. The molecule has 5 heteroatoms. The lowest BCUT2D eigenvalue weighted by Crippen LogP contribution is -2.48. The van der Waals surface area contributed by atoms with Gasteiger partial charge in [0.1, 0.15) is 6.10 Å². The summed E-state index contributed by atoms with van der Waals surface area (Å²) in [7, 11) is 0. The molecule has 0 spiro atoms. The van der Waals surface area contributed by atoms with Crippen LogP contribution in [0, 0.1) is 10.8 Å². The minimum atomic E-state index is -1.63. The predicted molar refractivity (Wildman–Crippen MR) is 53.3 cm³/mol. The molecule has 88 valence electrons. The number of aliphatic carboxylic acids is 1. The van der Waals surface area contributed by atoms with Crippen molar-refractivity contribution in [1.29, 1.82) is 0 Å². The molecule has 0 amide bonds. The third kappa shape index (κ3) is 2.76. The van der Waals surface area contributed by atoms with E-state index < -0.39 is 35.3 Å². The number of carboxylic acid groups (broad SMARTS) is 1. The molecule has 0 aliphatic carbocycles. The number of aliphatic hydroxyl groups excluding tert-OH is 2. The summed E-state index contributed by atoms with van der Waals surface area (Å²) < 4.78 is 0. The Morgan fingerprint density at radius 1 is 1.20 bits per heavy atom. The van der Waals surface area contributed by atoms with E-state index in [1.165, 1.54) is 27.7 Å². The van der Waals surface area contributed by atoms with Crippen LogP contribution in [-0.4, -0.2) is 39.8 Å². The number of Topliss-reactive ketones (excluding diaryl/α,β-unsaturated/α-hetero) is 1. The number of carbonyl (C=O) groups excluding carboxylic acids is 1. The normalized spacial score (nSPS) is 14.8. The van der Waals surface area contributed by atoms with Crippen LogP contribution in [0.25, 0.3) is 0 Å². The van der Waals surface area contributed by atoms with E-state index in [1.54, 1.807) is 0 Å². The molecule has 0 saturated carbocycles. The Balaban J connectivity index is 4.96. The molecule has 1 atom stereocenters. The lowest BCUT2D eigenvalue weighted by Gasteiger charge is -2.30. The Bertz CT molecular complexity index is 267. The van der Waals surface area contributed by atoms with E-state index >= 15 is 0 Å². The number of ketones is 1. The molecule has 0 aromatic rings. The van der Waals surface area contributed by atoms with Gasteiger partial charge in [-0.3, -0.25) is 9.59 Å². The van der Waals surface area contributed by atoms with Crippen molar-refractivity contribution in [3.8, 4) is 0 Å². The Morgan fingerprint density at radius 3 is 1.87 bits per heavy atom. The first-order valence-electron chi connectivity index (χ1n) is 4.64. The standard InChI is InChI=1S/C10H18O5/c1-9(2,5-11)6(12)7(13)10(3,4)8(14)15/h7,11,13H,5H2,1-4H3,(H,14,15). The van der Waals surface area contributed by atoms with Crippen LogP contribution in [0.5, 0.6) is 0 Å². The number of carbonyl (C=O) groups is 2. The molecular formula is C10H18O5. The summed E-state index contributed by atoms with van der Waals surface area (Å²) in [6, 6.07) is 0. The van der Waals surface area contributed by atoms with Crippen LogP contribution < -0.4 is 0 Å². The highest BCUT2D eigenvalue weighted by Gasteiger charge is 2.44. The van der Waals surface area contributed by atoms with Gasteiger partial charge in [0.25, 0.3) is 0 Å². The van der Waals surface area contributed by atoms with E-state index in [2.05, 4.69) is 0 Å². The van der Waals surface area contributed by atoms with Crippen molar-refractivity contribution in [3.05, 3.63) is 0 Å². The highest BCUT2D eigenvalue weighted by Crippen LogP contribution is 2.28. The SMILES string of the molecule is CC(C)(CO)C(=O)C(O)C(C)(C)C(=O)O. The molecule has 0 heterocycles. The average molecular weight is 218 g/mol. The second-order valence-corrected chi connectivity index (χ2v) is 4.84. The molecule has 15 heavy (non-hydrogen) atoms. The Hall–Kier alpha value is -0.940. The molecule has 5 nitrogen and oxygen atoms in total. The summed E-state index contributed by atoms with van der Waals surface area (Å²) in [6.07, 6.45) is -1.63. The predicted octanol–water partition coefficient (Wildman–Crippen LogP) is 0.0457. The van der Waals surface area contributed by atoms with Gasteiger partial charge in [0, 0.05) is 5.41 Å². The summed E-state index contributed by atoms with van der Waals surface area (Å²) >= 11 is 0. The zero-order chi connectivity index (χ0) is 12.4. The summed E-state index contributed by atoms with van der Waals surface area (Å²) in [5, 5.41) is 27.4. The first kappa shape index (κ1) is 14.1. The average Bonchev–Trinajstić information content (AvgIpc) is 2.15. The molecular weight excluding hydrogens is 200 g/mol. The van der Waals surface area contributed by atoms with Crippen molar-refractivity contribution < 1.29 is 24.9 Å². The lowest BCUT2D eigenvalue weighted by molar-refractivity contribution is -0.162. The quantitative estimate of drug-likeness (QED) is 0.606. The lowest BCUT2D eigenvalue weighted by atomic mass is 9.76. The van der Waals surface area contributed by atoms with Crippen molar-refractivity contribution in [1.82, 2.24) is 0 Å². The number of hydrogen-bond acceptors (Lipinski definition) is 4. The topological polar surface area (TPSA) is 94.8 Å². The van der Waals surface area contributed by atoms with Crippen LogP contribution in [0.15, 0.2) is 0 Å². The van der Waals surface area contributed by atoms with Crippen molar-refractivity contribution >= 4 is 11.8 Å². The number of hydrogen-bond donors (Lipinski definition) is 3. The van der Waals surface area contributed by atoms with E-state index in [0.29, 0.717) is 0 Å². The largest absolute Gasteiger partial charge is 0.481 e. The second kappa shape index (κ2) is 4.28. The molecule has 0 bridgehead atoms. The maximum atomic E-state index is 11.7. The van der Waals surface area contributed by atoms with Gasteiger partial charge in [0.15, 0.2) is 5.78 Å². The Morgan fingerprint density at radius 2 is 1.60 bits per heavy atom. The van der Waals surface area contributed by atoms with Crippen LogP contribution >= 0.6 is 0 Å². The van der Waals surface area contributed by atoms with Crippen LogP contribution in [0.1, 0.15) is 27.7 Å². The fourth-order valence-electron chi connectivity index (χ4n) is 0.893. The zero-order valence-corrected chi connectivity index (χ0v) is 9.44. The van der Waals surface area contributed by atoms with Gasteiger partial charge in [-0.1, -0.05) is 13.8 Å². The van der Waals surface area contributed by atoms with Gasteiger partial charge < -0.3 is 15.3 Å². The maximum absolute atomic E-state index is 11.7. The fourth-order valence-corrected chi connectivity index (χ4v) is 0.893. The molecule has 0 aliphatic heterocycles. The first-order valence-corrected chi connectivity index (χ1v) is 4.64. The van der Waals surface area contributed by atoms with Gasteiger partial charge in [-0.15, -0.1) is 0 Å². The van der Waals surface area contributed by atoms with Gasteiger partial charge in [0.2, 0.25) is 0 Å². The van der Waals surface area contributed by atoms with Crippen molar-refractivity contribution in [2.75, 3.05) is 6.61 Å². The highest BCUT2D eigenvalue weighted by atomic mass is 16.4. The highest BCUT2D eigenvalue weighted by molar-refractivity contribution is 5.93. The van der Waals surface area contributed by atoms with E-state index in [9.17, 15) is 14.7 Å². The number of rotatable bonds is 5. The van der Waals surface area contributed by atoms with Crippen LogP contribution in [0.2, 0.25) is 0 Å². The maximum Gasteiger partial charge on any atom is 0.312 e.